The fraction of sp³-hybridized carbons (Fsp3) is 0.333. The van der Waals surface area contributed by atoms with Crippen molar-refractivity contribution in [2.75, 3.05) is 0 Å². The molecule has 0 radical (unpaired) electrons. The molecule has 2 aliphatic carbocycles. The highest BCUT2D eigenvalue weighted by molar-refractivity contribution is 14.1. The molecule has 2 aliphatic rings. The van der Waals surface area contributed by atoms with Gasteiger partial charge < -0.3 is 0 Å². The first kappa shape index (κ1) is 18.8. The monoisotopic (exact) mass is 594 g/mol. The van der Waals surface area contributed by atoms with Crippen LogP contribution in [0.4, 0.5) is 26.3 Å². The summed E-state index contributed by atoms with van der Waals surface area (Å²) in [4.78, 5) is 0. The molecule has 0 nitrogen and oxygen atoms in total. The molecule has 0 saturated carbocycles. The number of hydrogen-bond donors (Lipinski definition) is 0. The van der Waals surface area contributed by atoms with Crippen LogP contribution in [0.1, 0.15) is 22.3 Å². The minimum atomic E-state index is -3.73. The van der Waals surface area contributed by atoms with E-state index in [2.05, 4.69) is 0 Å². The van der Waals surface area contributed by atoms with E-state index in [0.29, 0.717) is 7.14 Å². The maximum absolute atomic E-state index is 14.9. The second kappa shape index (κ2) is 5.99. The third-order valence-electron chi connectivity index (χ3n) is 5.24. The summed E-state index contributed by atoms with van der Waals surface area (Å²) in [5.74, 6) is -13.2. The SMILES string of the molecule is Fc1cc(I)cc2c1C(F)(F)C(C1Cc3cc(I)cc(F)c3C1(F)F)C2. The Balaban J connectivity index is 1.81. The molecule has 2 aromatic carbocycles. The van der Waals surface area contributed by atoms with Crippen LogP contribution in [0.2, 0.25) is 0 Å². The van der Waals surface area contributed by atoms with E-state index < -0.39 is 46.4 Å². The van der Waals surface area contributed by atoms with Crippen LogP contribution >= 0.6 is 45.2 Å². The zero-order valence-electron chi connectivity index (χ0n) is 12.9. The van der Waals surface area contributed by atoms with Gasteiger partial charge in [0.15, 0.2) is 0 Å². The molecule has 0 bridgehead atoms. The van der Waals surface area contributed by atoms with Gasteiger partial charge in [0.05, 0.1) is 11.1 Å². The van der Waals surface area contributed by atoms with Gasteiger partial charge in [-0.15, -0.1) is 0 Å². The summed E-state index contributed by atoms with van der Waals surface area (Å²) in [6.45, 7) is 0. The van der Waals surface area contributed by atoms with Gasteiger partial charge in [-0.1, -0.05) is 0 Å². The maximum atomic E-state index is 14.9. The predicted molar refractivity (Wildman–Crippen MR) is 100 cm³/mol. The molecule has 0 heterocycles. The van der Waals surface area contributed by atoms with Crippen LogP contribution in [0.5, 0.6) is 0 Å². The Hall–Kier alpha value is -0.520. The lowest BCUT2D eigenvalue weighted by Gasteiger charge is -2.30. The van der Waals surface area contributed by atoms with Gasteiger partial charge in [-0.2, -0.15) is 0 Å². The first-order valence-electron chi connectivity index (χ1n) is 7.76. The molecule has 138 valence electrons. The highest BCUT2D eigenvalue weighted by Crippen LogP contribution is 2.59. The zero-order chi connectivity index (χ0) is 19.0. The van der Waals surface area contributed by atoms with E-state index in [0.717, 1.165) is 12.1 Å². The van der Waals surface area contributed by atoms with Crippen LogP contribution in [0, 0.1) is 30.6 Å². The Labute approximate surface area is 172 Å². The van der Waals surface area contributed by atoms with Gasteiger partial charge in [0.25, 0.3) is 11.8 Å². The van der Waals surface area contributed by atoms with Crippen molar-refractivity contribution in [3.63, 3.8) is 0 Å². The average Bonchev–Trinajstić information content (AvgIpc) is 2.88. The molecule has 8 heteroatoms. The summed E-state index contributed by atoms with van der Waals surface area (Å²) in [6, 6.07) is 4.74. The van der Waals surface area contributed by atoms with Crippen LogP contribution in [-0.2, 0) is 24.7 Å². The lowest BCUT2D eigenvalue weighted by Crippen LogP contribution is -2.36. The quantitative estimate of drug-likeness (QED) is 0.265. The number of alkyl halides is 4. The average molecular weight is 594 g/mol. The van der Waals surface area contributed by atoms with E-state index in [4.69, 9.17) is 0 Å². The molecule has 4 rings (SSSR count). The van der Waals surface area contributed by atoms with Gasteiger partial charge in [-0.3, -0.25) is 0 Å². The summed E-state index contributed by atoms with van der Waals surface area (Å²) in [5.41, 5.74) is -1.51. The van der Waals surface area contributed by atoms with E-state index in [1.54, 1.807) is 45.2 Å². The Kier molecular flexibility index (Phi) is 4.33. The second-order valence-electron chi connectivity index (χ2n) is 6.71. The fourth-order valence-electron chi connectivity index (χ4n) is 4.21. The first-order chi connectivity index (χ1) is 12.0. The molecule has 0 aromatic heterocycles. The summed E-state index contributed by atoms with van der Waals surface area (Å²) in [5, 5.41) is 0. The molecule has 0 saturated heterocycles. The number of fused-ring (bicyclic) bond motifs is 2. The predicted octanol–water partition coefficient (Wildman–Crippen LogP) is 6.40. The molecule has 0 amide bonds. The molecule has 2 atom stereocenters. The highest BCUT2D eigenvalue weighted by Gasteiger charge is 2.62. The van der Waals surface area contributed by atoms with Gasteiger partial charge in [-0.25, -0.2) is 26.3 Å². The minimum absolute atomic E-state index is 0.0474. The van der Waals surface area contributed by atoms with Crippen LogP contribution in [0.25, 0.3) is 0 Å². The molecule has 2 aromatic rings. The van der Waals surface area contributed by atoms with E-state index in [1.165, 1.54) is 12.1 Å². The van der Waals surface area contributed by atoms with Crippen molar-refractivity contribution in [2.45, 2.75) is 24.7 Å². The fourth-order valence-corrected chi connectivity index (χ4v) is 5.51. The van der Waals surface area contributed by atoms with E-state index in [1.807, 2.05) is 0 Å². The van der Waals surface area contributed by atoms with Gasteiger partial charge in [0, 0.05) is 19.0 Å². The molecule has 26 heavy (non-hydrogen) atoms. The Morgan fingerprint density at radius 3 is 1.38 bits per heavy atom. The number of rotatable bonds is 1. The van der Waals surface area contributed by atoms with Crippen molar-refractivity contribution >= 4 is 45.2 Å². The molecule has 0 spiro atoms. The Morgan fingerprint density at radius 2 is 1.04 bits per heavy atom. The molecular formula is C18H10F6I2. The van der Waals surface area contributed by atoms with Gasteiger partial charge >= 0.3 is 0 Å². The van der Waals surface area contributed by atoms with Crippen LogP contribution in [0.15, 0.2) is 24.3 Å². The normalized spacial score (nSPS) is 25.2. The summed E-state index contributed by atoms with van der Waals surface area (Å²) < 4.78 is 88.8. The number of hydrogen-bond acceptors (Lipinski definition) is 0. The van der Waals surface area contributed by atoms with Crippen LogP contribution < -0.4 is 0 Å². The van der Waals surface area contributed by atoms with Crippen molar-refractivity contribution in [3.05, 3.63) is 65.3 Å². The number of benzene rings is 2. The van der Waals surface area contributed by atoms with Crippen molar-refractivity contribution < 1.29 is 26.3 Å². The Morgan fingerprint density at radius 1 is 0.692 bits per heavy atom. The lowest BCUT2D eigenvalue weighted by atomic mass is 9.83. The zero-order valence-corrected chi connectivity index (χ0v) is 17.2. The third-order valence-corrected chi connectivity index (χ3v) is 6.48. The largest absolute Gasteiger partial charge is 0.279 e. The van der Waals surface area contributed by atoms with Gasteiger partial charge in [-0.05, 0) is 93.4 Å². The van der Waals surface area contributed by atoms with Gasteiger partial charge in [0.2, 0.25) is 0 Å². The van der Waals surface area contributed by atoms with Crippen LogP contribution in [-0.4, -0.2) is 0 Å². The van der Waals surface area contributed by atoms with Crippen LogP contribution in [0.3, 0.4) is 0 Å². The van der Waals surface area contributed by atoms with Crippen molar-refractivity contribution in [1.82, 2.24) is 0 Å². The van der Waals surface area contributed by atoms with Crippen molar-refractivity contribution in [1.29, 1.82) is 0 Å². The summed E-state index contributed by atoms with van der Waals surface area (Å²) in [7, 11) is 0. The minimum Gasteiger partial charge on any atom is -0.206 e. The van der Waals surface area contributed by atoms with Crippen molar-refractivity contribution in [2.24, 2.45) is 11.8 Å². The van der Waals surface area contributed by atoms with E-state index >= 15 is 0 Å². The third kappa shape index (κ3) is 2.61. The molecule has 2 unspecified atom stereocenters. The molecular weight excluding hydrogens is 584 g/mol. The van der Waals surface area contributed by atoms with Crippen molar-refractivity contribution in [3.8, 4) is 0 Å². The molecule has 0 aliphatic heterocycles. The second-order valence-corrected chi connectivity index (χ2v) is 9.20. The van der Waals surface area contributed by atoms with E-state index in [9.17, 15) is 26.3 Å². The Bertz CT molecular complexity index is 849. The standard InChI is InChI=1S/C18H10F6I2/c19-13-5-9(25)1-7-3-11(17(21,22)15(7)13)12-4-8-2-10(26)6-14(20)16(8)18(12,23)24/h1-2,5-6,11-12H,3-4H2. The molecule has 0 fully saturated rings. The molecule has 0 N–H and O–H groups in total. The topological polar surface area (TPSA) is 0 Å². The lowest BCUT2D eigenvalue weighted by molar-refractivity contribution is -0.146. The van der Waals surface area contributed by atoms with E-state index in [-0.39, 0.29) is 24.0 Å². The maximum Gasteiger partial charge on any atom is 0.279 e. The number of halogens is 8. The smallest absolute Gasteiger partial charge is 0.206 e. The summed E-state index contributed by atoms with van der Waals surface area (Å²) >= 11 is 3.60. The first-order valence-corrected chi connectivity index (χ1v) is 9.91. The highest BCUT2D eigenvalue weighted by atomic mass is 127. The summed E-state index contributed by atoms with van der Waals surface area (Å²) in [6.07, 6.45) is -0.716. The van der Waals surface area contributed by atoms with Gasteiger partial charge in [0.1, 0.15) is 11.6 Å².